The molecule has 0 radical (unpaired) electrons. The van der Waals surface area contributed by atoms with E-state index in [9.17, 15) is 23.8 Å². The van der Waals surface area contributed by atoms with Crippen LogP contribution < -0.4 is 0 Å². The number of thiazole rings is 1. The first-order valence-corrected chi connectivity index (χ1v) is 10.7. The number of rotatable bonds is 4. The van der Waals surface area contributed by atoms with E-state index in [1.807, 2.05) is 19.1 Å². The van der Waals surface area contributed by atoms with Crippen LogP contribution in [0.25, 0.3) is 26.6 Å². The van der Waals surface area contributed by atoms with E-state index in [0.29, 0.717) is 17.3 Å². The molecule has 6 nitrogen and oxygen atoms in total. The largest absolute Gasteiger partial charge is 0.503 e. The molecule has 166 valence electrons. The van der Waals surface area contributed by atoms with Gasteiger partial charge in [0.05, 0.1) is 21.5 Å². The highest BCUT2D eigenvalue weighted by Crippen LogP contribution is 2.46. The van der Waals surface area contributed by atoms with Crippen molar-refractivity contribution in [1.82, 2.24) is 9.55 Å². The monoisotopic (exact) mass is 466 g/mol. The third-order valence-electron chi connectivity index (χ3n) is 5.22. The average Bonchev–Trinajstić information content (AvgIpc) is 3.44. The molecule has 0 atom stereocenters. The van der Waals surface area contributed by atoms with Crippen LogP contribution in [0, 0.1) is 25.5 Å². The molecule has 2 N–H and O–H groups in total. The number of aromatic hydroxyl groups is 2. The Hall–Kier alpha value is -3.98. The topological polar surface area (TPSA) is 88.5 Å². The standard InChI is InChI=1S/C24H16F2N2O4S/c1-11-3-7-16-18(9-11)33-24(27-16)28-20(14-6-5-13(25)10-15(14)26)19(22(30)23(28)31)21(29)17-8-4-12(2)32-17/h3-10,30-31H,1-2H3. The van der Waals surface area contributed by atoms with Gasteiger partial charge < -0.3 is 14.6 Å². The van der Waals surface area contributed by atoms with E-state index in [1.54, 1.807) is 19.1 Å². The van der Waals surface area contributed by atoms with Gasteiger partial charge in [0.1, 0.15) is 17.4 Å². The van der Waals surface area contributed by atoms with Gasteiger partial charge in [0, 0.05) is 11.6 Å². The van der Waals surface area contributed by atoms with Crippen molar-refractivity contribution in [3.8, 4) is 28.0 Å². The Morgan fingerprint density at radius 2 is 1.85 bits per heavy atom. The molecule has 0 fully saturated rings. The Balaban J connectivity index is 1.84. The SMILES string of the molecule is Cc1ccc2nc(-n3c(O)c(O)c(C(=O)c4ccc(C)o4)c3-c3ccc(F)cc3F)sc2c1. The highest BCUT2D eigenvalue weighted by Gasteiger charge is 2.33. The van der Waals surface area contributed by atoms with Gasteiger partial charge in [-0.2, -0.15) is 0 Å². The molecule has 9 heteroatoms. The maximum Gasteiger partial charge on any atom is 0.242 e. The first-order valence-electron chi connectivity index (χ1n) is 9.85. The Morgan fingerprint density at radius 1 is 1.06 bits per heavy atom. The zero-order valence-corrected chi connectivity index (χ0v) is 18.2. The van der Waals surface area contributed by atoms with Gasteiger partial charge in [-0.05, 0) is 55.8 Å². The first-order chi connectivity index (χ1) is 15.7. The minimum absolute atomic E-state index is 0.108. The van der Waals surface area contributed by atoms with Gasteiger partial charge in [-0.25, -0.2) is 13.8 Å². The molecule has 5 aromatic rings. The molecule has 0 spiro atoms. The van der Waals surface area contributed by atoms with Crippen molar-refractivity contribution in [1.29, 1.82) is 0 Å². The van der Waals surface area contributed by atoms with Crippen LogP contribution in [0.5, 0.6) is 11.6 Å². The number of carbonyl (C=O) groups excluding carboxylic acids is 1. The number of fused-ring (bicyclic) bond motifs is 1. The number of halogens is 2. The molecule has 0 amide bonds. The van der Waals surface area contributed by atoms with E-state index in [-0.39, 0.29) is 27.7 Å². The predicted octanol–water partition coefficient (Wildman–Crippen LogP) is 5.88. The van der Waals surface area contributed by atoms with Crippen LogP contribution in [0.3, 0.4) is 0 Å². The number of nitrogens with zero attached hydrogens (tertiary/aromatic N) is 2. The Labute approximate surface area is 190 Å². The van der Waals surface area contributed by atoms with Crippen molar-refractivity contribution >= 4 is 27.3 Å². The van der Waals surface area contributed by atoms with Crippen molar-refractivity contribution in [3.63, 3.8) is 0 Å². The third kappa shape index (κ3) is 3.37. The Bertz CT molecular complexity index is 1560. The number of furan rings is 1. The predicted molar refractivity (Wildman–Crippen MR) is 119 cm³/mol. The fraction of sp³-hybridized carbons (Fsp3) is 0.0833. The molecule has 3 aromatic heterocycles. The Morgan fingerprint density at radius 3 is 2.55 bits per heavy atom. The fourth-order valence-corrected chi connectivity index (χ4v) is 4.75. The molecular weight excluding hydrogens is 450 g/mol. The van der Waals surface area contributed by atoms with Gasteiger partial charge in [-0.3, -0.25) is 9.36 Å². The van der Waals surface area contributed by atoms with Crippen LogP contribution in [-0.4, -0.2) is 25.5 Å². The molecule has 0 saturated heterocycles. The number of hydrogen-bond acceptors (Lipinski definition) is 6. The van der Waals surface area contributed by atoms with E-state index in [2.05, 4.69) is 4.98 Å². The van der Waals surface area contributed by atoms with Crippen molar-refractivity contribution in [2.24, 2.45) is 0 Å². The third-order valence-corrected chi connectivity index (χ3v) is 6.23. The lowest BCUT2D eigenvalue weighted by Gasteiger charge is -2.10. The minimum atomic E-state index is -0.976. The van der Waals surface area contributed by atoms with Crippen LogP contribution in [0.2, 0.25) is 0 Å². The summed E-state index contributed by atoms with van der Waals surface area (Å²) in [5.74, 6) is -3.67. The minimum Gasteiger partial charge on any atom is -0.503 e. The normalized spacial score (nSPS) is 11.4. The molecular formula is C24H16F2N2O4S. The number of carbonyl (C=O) groups is 1. The first kappa shape index (κ1) is 20.9. The van der Waals surface area contributed by atoms with Crippen molar-refractivity contribution in [2.75, 3.05) is 0 Å². The summed E-state index contributed by atoms with van der Waals surface area (Å²) >= 11 is 1.18. The molecule has 0 aliphatic rings. The van der Waals surface area contributed by atoms with Crippen LogP contribution in [0.15, 0.2) is 52.9 Å². The highest BCUT2D eigenvalue weighted by atomic mass is 32.1. The van der Waals surface area contributed by atoms with Gasteiger partial charge in [-0.1, -0.05) is 17.4 Å². The summed E-state index contributed by atoms with van der Waals surface area (Å²) in [7, 11) is 0. The van der Waals surface area contributed by atoms with Gasteiger partial charge in [0.2, 0.25) is 11.7 Å². The van der Waals surface area contributed by atoms with E-state index in [4.69, 9.17) is 4.42 Å². The van der Waals surface area contributed by atoms with Gasteiger partial charge in [0.15, 0.2) is 16.6 Å². The number of hydrogen-bond donors (Lipinski definition) is 2. The lowest BCUT2D eigenvalue weighted by atomic mass is 10.0. The summed E-state index contributed by atoms with van der Waals surface area (Å²) in [5.41, 5.74) is 0.855. The quantitative estimate of drug-likeness (QED) is 0.323. The molecule has 2 aromatic carbocycles. The second-order valence-electron chi connectivity index (χ2n) is 7.56. The molecule has 0 saturated carbocycles. The van der Waals surface area contributed by atoms with Crippen LogP contribution in [-0.2, 0) is 0 Å². The molecule has 5 rings (SSSR count). The van der Waals surface area contributed by atoms with Crippen molar-refractivity contribution in [2.45, 2.75) is 13.8 Å². The van der Waals surface area contributed by atoms with Crippen molar-refractivity contribution in [3.05, 3.63) is 82.8 Å². The summed E-state index contributed by atoms with van der Waals surface area (Å²) in [6.07, 6.45) is 0. The van der Waals surface area contributed by atoms with Gasteiger partial charge >= 0.3 is 0 Å². The fourth-order valence-electron chi connectivity index (χ4n) is 3.68. The van der Waals surface area contributed by atoms with Crippen molar-refractivity contribution < 1.29 is 28.2 Å². The molecule has 0 aliphatic carbocycles. The Kier molecular flexibility index (Phi) is 4.79. The summed E-state index contributed by atoms with van der Waals surface area (Å²) < 4.78 is 35.8. The summed E-state index contributed by atoms with van der Waals surface area (Å²) in [6, 6.07) is 11.4. The second-order valence-corrected chi connectivity index (χ2v) is 8.57. The molecule has 33 heavy (non-hydrogen) atoms. The van der Waals surface area contributed by atoms with Crippen LogP contribution in [0.4, 0.5) is 8.78 Å². The number of ketones is 1. The number of benzene rings is 2. The zero-order chi connectivity index (χ0) is 23.4. The molecule has 0 bridgehead atoms. The maximum atomic E-state index is 14.9. The zero-order valence-electron chi connectivity index (χ0n) is 17.4. The number of aryl methyl sites for hydroxylation is 2. The van der Waals surface area contributed by atoms with Gasteiger partial charge in [0.25, 0.3) is 0 Å². The molecule has 0 unspecified atom stereocenters. The highest BCUT2D eigenvalue weighted by molar-refractivity contribution is 7.20. The maximum absolute atomic E-state index is 14.9. The van der Waals surface area contributed by atoms with Crippen LogP contribution >= 0.6 is 11.3 Å². The van der Waals surface area contributed by atoms with E-state index < -0.39 is 29.0 Å². The lowest BCUT2D eigenvalue weighted by Crippen LogP contribution is -2.05. The number of aromatic nitrogens is 2. The van der Waals surface area contributed by atoms with E-state index in [0.717, 1.165) is 27.0 Å². The lowest BCUT2D eigenvalue weighted by molar-refractivity contribution is 0.101. The van der Waals surface area contributed by atoms with Gasteiger partial charge in [-0.15, -0.1) is 0 Å². The summed E-state index contributed by atoms with van der Waals surface area (Å²) in [4.78, 5) is 17.8. The summed E-state index contributed by atoms with van der Waals surface area (Å²) in [6.45, 7) is 3.56. The molecule has 3 heterocycles. The second kappa shape index (κ2) is 7.56. The smallest absolute Gasteiger partial charge is 0.242 e. The van der Waals surface area contributed by atoms with Crippen LogP contribution in [0.1, 0.15) is 27.4 Å². The average molecular weight is 466 g/mol. The van der Waals surface area contributed by atoms with E-state index in [1.165, 1.54) is 17.4 Å². The molecule has 0 aliphatic heterocycles. The summed E-state index contributed by atoms with van der Waals surface area (Å²) in [5, 5.41) is 21.8. The van der Waals surface area contributed by atoms with E-state index >= 15 is 0 Å².